The predicted molar refractivity (Wildman–Crippen MR) is 133 cm³/mol. The van der Waals surface area contributed by atoms with Crippen LogP contribution >= 0.6 is 0 Å². The summed E-state index contributed by atoms with van der Waals surface area (Å²) in [5.41, 5.74) is 2.96. The Hall–Kier alpha value is -4.59. The van der Waals surface area contributed by atoms with Gasteiger partial charge >= 0.3 is 0 Å². The second-order valence-electron chi connectivity index (χ2n) is 8.25. The van der Waals surface area contributed by atoms with E-state index in [1.807, 2.05) is 118 Å². The Bertz CT molecular complexity index is 1330. The van der Waals surface area contributed by atoms with Crippen LogP contribution in [0, 0.1) is 0 Å². The summed E-state index contributed by atoms with van der Waals surface area (Å²) in [6.45, 7) is 0. The summed E-state index contributed by atoms with van der Waals surface area (Å²) in [5, 5.41) is 0. The third-order valence-electron chi connectivity index (χ3n) is 5.77. The van der Waals surface area contributed by atoms with Crippen molar-refractivity contribution in [3.05, 3.63) is 98.1 Å². The van der Waals surface area contributed by atoms with E-state index in [0.29, 0.717) is 0 Å². The Morgan fingerprint density at radius 2 is 1.09 bits per heavy atom. The van der Waals surface area contributed by atoms with Gasteiger partial charge in [-0.2, -0.15) is 14.1 Å². The summed E-state index contributed by atoms with van der Waals surface area (Å²) >= 11 is 0. The van der Waals surface area contributed by atoms with Gasteiger partial charge in [0.25, 0.3) is 0 Å². The van der Waals surface area contributed by atoms with Crippen molar-refractivity contribution in [2.75, 3.05) is 19.1 Å². The van der Waals surface area contributed by atoms with Crippen molar-refractivity contribution in [1.82, 2.24) is 14.1 Å². The minimum absolute atomic E-state index is 0.805. The van der Waals surface area contributed by atoms with Crippen molar-refractivity contribution in [3.8, 4) is 23.1 Å². The lowest BCUT2D eigenvalue weighted by Gasteiger charge is -2.26. The number of aryl methyl sites for hydroxylation is 2. The highest BCUT2D eigenvalue weighted by Gasteiger charge is 2.20. The molecule has 5 rings (SSSR count). The SMILES string of the molecule is COc1ccc(N(c2ccc(OC)cc2)c2cc(-n3cc[n+](C)c3)nc(-n3cc[n+](C)c3)c2)cc1. The van der Waals surface area contributed by atoms with Gasteiger partial charge in [-0.3, -0.25) is 0 Å². The van der Waals surface area contributed by atoms with E-state index >= 15 is 0 Å². The highest BCUT2D eigenvalue weighted by molar-refractivity contribution is 5.78. The van der Waals surface area contributed by atoms with Gasteiger partial charge in [-0.15, -0.1) is 0 Å². The zero-order chi connectivity index (χ0) is 24.4. The van der Waals surface area contributed by atoms with E-state index in [2.05, 4.69) is 17.0 Å². The molecule has 176 valence electrons. The lowest BCUT2D eigenvalue weighted by molar-refractivity contribution is -0.670. The van der Waals surface area contributed by atoms with E-state index in [1.54, 1.807) is 14.2 Å². The van der Waals surface area contributed by atoms with Gasteiger partial charge in [0.2, 0.25) is 24.3 Å². The van der Waals surface area contributed by atoms with Crippen molar-refractivity contribution >= 4 is 17.1 Å². The normalized spacial score (nSPS) is 10.9. The molecule has 0 amide bonds. The maximum absolute atomic E-state index is 5.39. The molecule has 2 aromatic carbocycles. The fourth-order valence-electron chi connectivity index (χ4n) is 3.96. The summed E-state index contributed by atoms with van der Waals surface area (Å²) in [7, 11) is 7.33. The number of ether oxygens (including phenoxy) is 2. The molecule has 0 bridgehead atoms. The van der Waals surface area contributed by atoms with Crippen molar-refractivity contribution in [3.63, 3.8) is 0 Å². The van der Waals surface area contributed by atoms with Gasteiger partial charge in [-0.05, 0) is 48.5 Å². The highest BCUT2D eigenvalue weighted by atomic mass is 16.5. The Morgan fingerprint density at radius 3 is 1.43 bits per heavy atom. The molecular weight excluding hydrogens is 440 g/mol. The van der Waals surface area contributed by atoms with Crippen LogP contribution in [-0.2, 0) is 14.1 Å². The first-order valence-electron chi connectivity index (χ1n) is 11.2. The molecule has 0 atom stereocenters. The van der Waals surface area contributed by atoms with Gasteiger partial charge in [-0.25, -0.2) is 9.13 Å². The van der Waals surface area contributed by atoms with Gasteiger partial charge in [-0.1, -0.05) is 0 Å². The number of pyridine rings is 1. The number of anilines is 3. The molecule has 5 aromatic rings. The monoisotopic (exact) mass is 468 g/mol. The number of aromatic nitrogens is 5. The first-order chi connectivity index (χ1) is 17.0. The Labute approximate surface area is 204 Å². The van der Waals surface area contributed by atoms with Gasteiger partial charge in [0.05, 0.1) is 34.0 Å². The molecule has 3 aromatic heterocycles. The van der Waals surface area contributed by atoms with Crippen LogP contribution in [-0.4, -0.2) is 28.3 Å². The lowest BCUT2D eigenvalue weighted by Crippen LogP contribution is -2.24. The molecular formula is C27H28N6O2+2. The van der Waals surface area contributed by atoms with Crippen LogP contribution in [0.3, 0.4) is 0 Å². The zero-order valence-corrected chi connectivity index (χ0v) is 20.2. The van der Waals surface area contributed by atoms with Crippen LogP contribution < -0.4 is 23.5 Å². The first-order valence-corrected chi connectivity index (χ1v) is 11.2. The molecule has 0 N–H and O–H groups in total. The van der Waals surface area contributed by atoms with Crippen LogP contribution in [0.25, 0.3) is 11.6 Å². The number of hydrogen-bond donors (Lipinski definition) is 0. The Balaban J connectivity index is 1.71. The fourth-order valence-corrected chi connectivity index (χ4v) is 3.96. The number of methoxy groups -OCH3 is 2. The summed E-state index contributed by atoms with van der Waals surface area (Å²) < 4.78 is 18.8. The van der Waals surface area contributed by atoms with Gasteiger partial charge < -0.3 is 14.4 Å². The molecule has 0 aliphatic carbocycles. The van der Waals surface area contributed by atoms with Crippen molar-refractivity contribution in [1.29, 1.82) is 0 Å². The molecule has 0 fully saturated rings. The second-order valence-corrected chi connectivity index (χ2v) is 8.25. The summed E-state index contributed by atoms with van der Waals surface area (Å²) in [6.07, 6.45) is 12.0. The number of benzene rings is 2. The Morgan fingerprint density at radius 1 is 0.657 bits per heavy atom. The van der Waals surface area contributed by atoms with Crippen LogP contribution in [0.4, 0.5) is 17.1 Å². The van der Waals surface area contributed by atoms with Crippen LogP contribution in [0.5, 0.6) is 11.5 Å². The third-order valence-corrected chi connectivity index (χ3v) is 5.77. The molecule has 8 heteroatoms. The molecule has 0 aliphatic heterocycles. The highest BCUT2D eigenvalue weighted by Crippen LogP contribution is 2.37. The van der Waals surface area contributed by atoms with E-state index in [4.69, 9.17) is 14.5 Å². The number of rotatable bonds is 7. The van der Waals surface area contributed by atoms with Gasteiger partial charge in [0.1, 0.15) is 36.3 Å². The maximum atomic E-state index is 5.39. The standard InChI is InChI=1S/C27H28N6O2/c1-29-13-15-31(19-29)26-17-23(18-27(28-26)32-16-14-30(2)20-32)33(21-5-9-24(34-3)10-6-21)22-7-11-25(35-4)12-8-22/h5-20H,1-4H3/q+2. The van der Waals surface area contributed by atoms with E-state index < -0.39 is 0 Å². The topological polar surface area (TPSA) is 52.2 Å². The Kier molecular flexibility index (Phi) is 5.93. The number of nitrogens with zero attached hydrogens (tertiary/aromatic N) is 6. The predicted octanol–water partition coefficient (Wildman–Crippen LogP) is 3.80. The fraction of sp³-hybridized carbons (Fsp3) is 0.148. The smallest absolute Gasteiger partial charge is 0.250 e. The average Bonchev–Trinajstić information content (AvgIpc) is 3.53. The molecule has 35 heavy (non-hydrogen) atoms. The van der Waals surface area contributed by atoms with Crippen molar-refractivity contribution in [2.45, 2.75) is 0 Å². The van der Waals surface area contributed by atoms with E-state index in [9.17, 15) is 0 Å². The number of imidazole rings is 2. The summed E-state index contributed by atoms with van der Waals surface area (Å²) in [4.78, 5) is 7.15. The van der Waals surface area contributed by atoms with Crippen molar-refractivity contribution < 1.29 is 18.6 Å². The molecule has 0 aliphatic rings. The first kappa shape index (κ1) is 22.2. The summed E-state index contributed by atoms with van der Waals surface area (Å²) in [6, 6.07) is 20.2. The third kappa shape index (κ3) is 4.59. The largest absolute Gasteiger partial charge is 0.497 e. The quantitative estimate of drug-likeness (QED) is 0.341. The second kappa shape index (κ2) is 9.34. The van der Waals surface area contributed by atoms with Gasteiger partial charge in [0, 0.05) is 23.5 Å². The molecule has 0 saturated carbocycles. The van der Waals surface area contributed by atoms with Crippen LogP contribution in [0.15, 0.2) is 98.1 Å². The molecule has 0 radical (unpaired) electrons. The van der Waals surface area contributed by atoms with Gasteiger partial charge in [0.15, 0.2) is 0 Å². The zero-order valence-electron chi connectivity index (χ0n) is 20.2. The minimum atomic E-state index is 0.805. The number of hydrogen-bond acceptors (Lipinski definition) is 4. The molecule has 0 unspecified atom stereocenters. The molecule has 3 heterocycles. The van der Waals surface area contributed by atoms with E-state index in [1.165, 1.54) is 0 Å². The molecule has 0 saturated heterocycles. The molecule has 0 spiro atoms. The van der Waals surface area contributed by atoms with Crippen molar-refractivity contribution in [2.24, 2.45) is 14.1 Å². The van der Waals surface area contributed by atoms with E-state index in [-0.39, 0.29) is 0 Å². The summed E-state index contributed by atoms with van der Waals surface area (Å²) in [5.74, 6) is 3.22. The van der Waals surface area contributed by atoms with Crippen LogP contribution in [0.2, 0.25) is 0 Å². The average molecular weight is 469 g/mol. The maximum Gasteiger partial charge on any atom is 0.250 e. The minimum Gasteiger partial charge on any atom is -0.497 e. The lowest BCUT2D eigenvalue weighted by atomic mass is 10.2. The van der Waals surface area contributed by atoms with Crippen LogP contribution in [0.1, 0.15) is 0 Å². The van der Waals surface area contributed by atoms with E-state index in [0.717, 1.165) is 40.2 Å². The molecule has 8 nitrogen and oxygen atoms in total.